The number of sulfonamides is 1. The van der Waals surface area contributed by atoms with Crippen LogP contribution in [-0.4, -0.2) is 26.3 Å². The van der Waals surface area contributed by atoms with Crippen LogP contribution in [0.1, 0.15) is 21.5 Å². The summed E-state index contributed by atoms with van der Waals surface area (Å²) in [6.07, 6.45) is 0. The first kappa shape index (κ1) is 20.5. The molecule has 0 aliphatic heterocycles. The van der Waals surface area contributed by atoms with Crippen LogP contribution in [-0.2, 0) is 16.6 Å². The quantitative estimate of drug-likeness (QED) is 0.660. The summed E-state index contributed by atoms with van der Waals surface area (Å²) in [4.78, 5) is 14.2. The predicted octanol–water partition coefficient (Wildman–Crippen LogP) is 4.21. The molecule has 1 N–H and O–H groups in total. The zero-order chi connectivity index (χ0) is 21.0. The van der Waals surface area contributed by atoms with Crippen molar-refractivity contribution in [3.05, 3.63) is 95.3 Å². The van der Waals surface area contributed by atoms with E-state index in [0.29, 0.717) is 17.8 Å². The second-order valence-electron chi connectivity index (χ2n) is 6.72. The summed E-state index contributed by atoms with van der Waals surface area (Å²) in [5.74, 6) is -0.678. The number of nitrogens with one attached hydrogen (secondary N) is 1. The highest BCUT2D eigenvalue weighted by atomic mass is 32.2. The lowest BCUT2D eigenvalue weighted by atomic mass is 10.1. The SMILES string of the molecule is Cc1ccccc1CN(C)C(=O)c1ccc(NS(=O)(=O)c2ccc(F)cc2)cc1. The van der Waals surface area contributed by atoms with Crippen molar-refractivity contribution in [3.8, 4) is 0 Å². The minimum atomic E-state index is -3.84. The number of amides is 1. The van der Waals surface area contributed by atoms with Gasteiger partial charge < -0.3 is 4.90 Å². The Morgan fingerprint density at radius 2 is 1.59 bits per heavy atom. The first-order valence-electron chi connectivity index (χ1n) is 8.95. The number of halogens is 1. The molecule has 0 atom stereocenters. The molecule has 0 aliphatic rings. The van der Waals surface area contributed by atoms with E-state index in [9.17, 15) is 17.6 Å². The van der Waals surface area contributed by atoms with Crippen molar-refractivity contribution >= 4 is 21.6 Å². The van der Waals surface area contributed by atoms with Crippen LogP contribution in [0.3, 0.4) is 0 Å². The van der Waals surface area contributed by atoms with Gasteiger partial charge in [-0.15, -0.1) is 0 Å². The molecule has 3 rings (SSSR count). The monoisotopic (exact) mass is 412 g/mol. The van der Waals surface area contributed by atoms with E-state index in [1.165, 1.54) is 24.3 Å². The molecule has 0 spiro atoms. The van der Waals surface area contributed by atoms with Crippen LogP contribution in [0, 0.1) is 12.7 Å². The fourth-order valence-electron chi connectivity index (χ4n) is 2.84. The molecule has 0 fully saturated rings. The molecule has 3 aromatic rings. The van der Waals surface area contributed by atoms with Crippen LogP contribution < -0.4 is 4.72 Å². The molecule has 0 radical (unpaired) electrons. The molecule has 3 aromatic carbocycles. The van der Waals surface area contributed by atoms with Crippen LogP contribution in [0.4, 0.5) is 10.1 Å². The highest BCUT2D eigenvalue weighted by molar-refractivity contribution is 7.92. The third kappa shape index (κ3) is 5.00. The Balaban J connectivity index is 1.70. The van der Waals surface area contributed by atoms with Gasteiger partial charge in [-0.1, -0.05) is 24.3 Å². The van der Waals surface area contributed by atoms with E-state index < -0.39 is 15.8 Å². The zero-order valence-corrected chi connectivity index (χ0v) is 16.9. The molecule has 0 unspecified atom stereocenters. The smallest absolute Gasteiger partial charge is 0.261 e. The van der Waals surface area contributed by atoms with E-state index in [4.69, 9.17) is 0 Å². The van der Waals surface area contributed by atoms with Crippen molar-refractivity contribution in [2.45, 2.75) is 18.4 Å². The number of nitrogens with zero attached hydrogens (tertiary/aromatic N) is 1. The normalized spacial score (nSPS) is 11.1. The molecule has 0 aromatic heterocycles. The highest BCUT2D eigenvalue weighted by Crippen LogP contribution is 2.18. The molecular formula is C22H21FN2O3S. The number of benzene rings is 3. The third-order valence-electron chi connectivity index (χ3n) is 4.52. The lowest BCUT2D eigenvalue weighted by molar-refractivity contribution is 0.0785. The molecule has 150 valence electrons. The van der Waals surface area contributed by atoms with Gasteiger partial charge in [-0.25, -0.2) is 12.8 Å². The summed E-state index contributed by atoms with van der Waals surface area (Å²) in [7, 11) is -2.11. The number of hydrogen-bond donors (Lipinski definition) is 1. The van der Waals surface area contributed by atoms with Crippen LogP contribution >= 0.6 is 0 Å². The summed E-state index contributed by atoms with van der Waals surface area (Å²) in [6.45, 7) is 2.47. The largest absolute Gasteiger partial charge is 0.337 e. The Bertz CT molecular complexity index is 1110. The van der Waals surface area contributed by atoms with Crippen LogP contribution in [0.25, 0.3) is 0 Å². The molecule has 0 saturated heterocycles. The Morgan fingerprint density at radius 1 is 0.966 bits per heavy atom. The van der Waals surface area contributed by atoms with Gasteiger partial charge in [0, 0.05) is 24.8 Å². The zero-order valence-electron chi connectivity index (χ0n) is 16.1. The number of anilines is 1. The van der Waals surface area contributed by atoms with E-state index in [1.54, 1.807) is 24.1 Å². The van der Waals surface area contributed by atoms with Gasteiger partial charge in [-0.05, 0) is 66.6 Å². The molecule has 29 heavy (non-hydrogen) atoms. The fourth-order valence-corrected chi connectivity index (χ4v) is 3.90. The van der Waals surface area contributed by atoms with E-state index in [2.05, 4.69) is 4.72 Å². The maximum absolute atomic E-state index is 13.0. The van der Waals surface area contributed by atoms with E-state index >= 15 is 0 Å². The van der Waals surface area contributed by atoms with Gasteiger partial charge in [-0.3, -0.25) is 9.52 Å². The first-order valence-corrected chi connectivity index (χ1v) is 10.4. The molecule has 0 saturated carbocycles. The fraction of sp³-hybridized carbons (Fsp3) is 0.136. The van der Waals surface area contributed by atoms with Crippen LogP contribution in [0.15, 0.2) is 77.7 Å². The minimum absolute atomic E-state index is 0.0444. The average Bonchev–Trinajstić information content (AvgIpc) is 2.70. The Morgan fingerprint density at radius 3 is 2.21 bits per heavy atom. The molecule has 7 heteroatoms. The van der Waals surface area contributed by atoms with Gasteiger partial charge in [0.1, 0.15) is 5.82 Å². The first-order chi connectivity index (χ1) is 13.8. The van der Waals surface area contributed by atoms with Gasteiger partial charge in [0.05, 0.1) is 4.90 Å². The maximum Gasteiger partial charge on any atom is 0.261 e. The summed E-state index contributed by atoms with van der Waals surface area (Å²) >= 11 is 0. The lowest BCUT2D eigenvalue weighted by Crippen LogP contribution is -2.26. The second kappa shape index (κ2) is 8.45. The summed E-state index contributed by atoms with van der Waals surface area (Å²) in [6, 6.07) is 18.6. The highest BCUT2D eigenvalue weighted by Gasteiger charge is 2.16. The van der Waals surface area contributed by atoms with Crippen molar-refractivity contribution in [1.29, 1.82) is 0 Å². The van der Waals surface area contributed by atoms with E-state index in [1.807, 2.05) is 31.2 Å². The number of carbonyl (C=O) groups excluding carboxylic acids is 1. The molecular weight excluding hydrogens is 391 g/mol. The molecule has 0 heterocycles. The topological polar surface area (TPSA) is 66.5 Å². The second-order valence-corrected chi connectivity index (χ2v) is 8.41. The predicted molar refractivity (Wildman–Crippen MR) is 111 cm³/mol. The Labute approximate surface area is 169 Å². The van der Waals surface area contributed by atoms with Crippen LogP contribution in [0.5, 0.6) is 0 Å². The summed E-state index contributed by atoms with van der Waals surface area (Å²) < 4.78 is 40.1. The van der Waals surface area contributed by atoms with Gasteiger partial charge in [-0.2, -0.15) is 0 Å². The summed E-state index contributed by atoms with van der Waals surface area (Å²) in [5, 5.41) is 0. The lowest BCUT2D eigenvalue weighted by Gasteiger charge is -2.19. The van der Waals surface area contributed by atoms with Crippen molar-refractivity contribution < 1.29 is 17.6 Å². The van der Waals surface area contributed by atoms with E-state index in [-0.39, 0.29) is 10.8 Å². The van der Waals surface area contributed by atoms with Crippen molar-refractivity contribution in [3.63, 3.8) is 0 Å². The average molecular weight is 412 g/mol. The number of hydrogen-bond acceptors (Lipinski definition) is 3. The Kier molecular flexibility index (Phi) is 5.98. The number of aryl methyl sites for hydroxylation is 1. The minimum Gasteiger partial charge on any atom is -0.337 e. The standard InChI is InChI=1S/C22H21FN2O3S/c1-16-5-3-4-6-18(16)15-25(2)22(26)17-7-11-20(12-8-17)24-29(27,28)21-13-9-19(23)10-14-21/h3-14,24H,15H2,1-2H3. The molecule has 0 bridgehead atoms. The molecule has 5 nitrogen and oxygen atoms in total. The summed E-state index contributed by atoms with van der Waals surface area (Å²) in [5.41, 5.74) is 2.93. The Hall–Kier alpha value is -3.19. The molecule has 0 aliphatic carbocycles. The van der Waals surface area contributed by atoms with Gasteiger partial charge >= 0.3 is 0 Å². The van der Waals surface area contributed by atoms with Crippen LogP contribution in [0.2, 0.25) is 0 Å². The van der Waals surface area contributed by atoms with Crippen molar-refractivity contribution in [2.24, 2.45) is 0 Å². The third-order valence-corrected chi connectivity index (χ3v) is 5.92. The van der Waals surface area contributed by atoms with Crippen molar-refractivity contribution in [2.75, 3.05) is 11.8 Å². The maximum atomic E-state index is 13.0. The number of carbonyl (C=O) groups is 1. The van der Waals surface area contributed by atoms with Crippen molar-refractivity contribution in [1.82, 2.24) is 4.90 Å². The molecule has 1 amide bonds. The number of rotatable bonds is 6. The van der Waals surface area contributed by atoms with Gasteiger partial charge in [0.2, 0.25) is 0 Å². The van der Waals surface area contributed by atoms with Gasteiger partial charge in [0.15, 0.2) is 0 Å². The van der Waals surface area contributed by atoms with Gasteiger partial charge in [0.25, 0.3) is 15.9 Å². The van der Waals surface area contributed by atoms with E-state index in [0.717, 1.165) is 23.3 Å².